The molecule has 2 aromatic heterocycles. The highest BCUT2D eigenvalue weighted by molar-refractivity contribution is 6.06. The van der Waals surface area contributed by atoms with Crippen LogP contribution in [0.3, 0.4) is 0 Å². The maximum absolute atomic E-state index is 14.8. The third-order valence-corrected chi connectivity index (χ3v) is 6.39. The van der Waals surface area contributed by atoms with Crippen molar-refractivity contribution in [2.45, 2.75) is 27.2 Å². The summed E-state index contributed by atoms with van der Waals surface area (Å²) in [6.45, 7) is 8.57. The van der Waals surface area contributed by atoms with E-state index < -0.39 is 5.91 Å². The maximum Gasteiger partial charge on any atom is 0.251 e. The number of pyridine rings is 1. The van der Waals surface area contributed by atoms with E-state index in [1.807, 2.05) is 37.5 Å². The lowest BCUT2D eigenvalue weighted by atomic mass is 10.0. The second-order valence-corrected chi connectivity index (χ2v) is 8.34. The van der Waals surface area contributed by atoms with Crippen molar-refractivity contribution in [3.05, 3.63) is 58.8 Å². The summed E-state index contributed by atoms with van der Waals surface area (Å²) in [4.78, 5) is 23.9. The zero-order chi connectivity index (χ0) is 23.3. The van der Waals surface area contributed by atoms with Crippen molar-refractivity contribution in [2.24, 2.45) is 5.73 Å². The Bertz CT molecular complexity index is 1410. The van der Waals surface area contributed by atoms with E-state index >= 15 is 0 Å². The lowest BCUT2D eigenvalue weighted by Gasteiger charge is -2.29. The Kier molecular flexibility index (Phi) is 5.25. The van der Waals surface area contributed by atoms with Gasteiger partial charge in [-0.25, -0.2) is 14.4 Å². The van der Waals surface area contributed by atoms with Crippen LogP contribution in [-0.4, -0.2) is 46.7 Å². The molecule has 0 spiro atoms. The number of nitrogens with zero attached hydrogens (tertiary/aromatic N) is 4. The van der Waals surface area contributed by atoms with Crippen LogP contribution in [0, 0.1) is 19.7 Å². The van der Waals surface area contributed by atoms with Crippen LogP contribution in [0.5, 0.6) is 0 Å². The van der Waals surface area contributed by atoms with Crippen LogP contribution in [0.25, 0.3) is 27.6 Å². The number of fused-ring (bicyclic) bond motifs is 2. The number of primary amides is 1. The Morgan fingerprint density at radius 2 is 1.91 bits per heavy atom. The minimum atomic E-state index is -0.531. The lowest BCUT2D eigenvalue weighted by Crippen LogP contribution is -2.36. The van der Waals surface area contributed by atoms with E-state index in [0.29, 0.717) is 47.4 Å². The van der Waals surface area contributed by atoms with Crippen LogP contribution in [0.2, 0.25) is 0 Å². The molecular formula is C25H26FN5O2. The molecule has 2 N–H and O–H groups in total. The van der Waals surface area contributed by atoms with Crippen LogP contribution in [0.4, 0.5) is 10.1 Å². The smallest absolute Gasteiger partial charge is 0.251 e. The van der Waals surface area contributed by atoms with Gasteiger partial charge in [-0.15, -0.1) is 0 Å². The van der Waals surface area contributed by atoms with Crippen LogP contribution < -0.4 is 10.6 Å². The molecular weight excluding hydrogens is 421 g/mol. The Hall–Kier alpha value is -3.52. The highest BCUT2D eigenvalue weighted by Gasteiger charge is 2.23. The SMILES string of the molecule is CCc1nc2c(F)cccc2c(-n2c(C)nc3c(C(N)=O)cc(N4CCOCC4)cc32)c1C. The predicted molar refractivity (Wildman–Crippen MR) is 127 cm³/mol. The minimum absolute atomic E-state index is 0.329. The summed E-state index contributed by atoms with van der Waals surface area (Å²) in [5.41, 5.74) is 11.3. The van der Waals surface area contributed by atoms with Gasteiger partial charge in [0.2, 0.25) is 0 Å². The quantitative estimate of drug-likeness (QED) is 0.514. The molecule has 1 fully saturated rings. The molecule has 0 radical (unpaired) electrons. The van der Waals surface area contributed by atoms with E-state index in [4.69, 9.17) is 15.5 Å². The van der Waals surface area contributed by atoms with Gasteiger partial charge in [-0.1, -0.05) is 19.1 Å². The van der Waals surface area contributed by atoms with Gasteiger partial charge >= 0.3 is 0 Å². The van der Waals surface area contributed by atoms with Crippen molar-refractivity contribution < 1.29 is 13.9 Å². The number of hydrogen-bond acceptors (Lipinski definition) is 5. The van der Waals surface area contributed by atoms with Crippen LogP contribution in [-0.2, 0) is 11.2 Å². The molecule has 1 aliphatic heterocycles. The number of carbonyl (C=O) groups is 1. The molecule has 0 aliphatic carbocycles. The summed E-state index contributed by atoms with van der Waals surface area (Å²) < 4.78 is 22.3. The van der Waals surface area contributed by atoms with Gasteiger partial charge in [0, 0.05) is 29.9 Å². The van der Waals surface area contributed by atoms with E-state index in [1.54, 1.807) is 12.1 Å². The highest BCUT2D eigenvalue weighted by atomic mass is 19.1. The lowest BCUT2D eigenvalue weighted by molar-refractivity contribution is 0.100. The fourth-order valence-electron chi connectivity index (χ4n) is 4.76. The van der Waals surface area contributed by atoms with Crippen molar-refractivity contribution in [3.8, 4) is 5.69 Å². The predicted octanol–water partition coefficient (Wildman–Crippen LogP) is 3.83. The number of aryl methyl sites for hydroxylation is 2. The zero-order valence-electron chi connectivity index (χ0n) is 19.0. The molecule has 0 atom stereocenters. The molecule has 170 valence electrons. The molecule has 33 heavy (non-hydrogen) atoms. The third kappa shape index (κ3) is 3.41. The average Bonchev–Trinajstić information content (AvgIpc) is 3.14. The van der Waals surface area contributed by atoms with Gasteiger partial charge in [-0.3, -0.25) is 9.36 Å². The molecule has 2 aromatic carbocycles. The summed E-state index contributed by atoms with van der Waals surface area (Å²) in [6.07, 6.45) is 0.667. The molecule has 8 heteroatoms. The summed E-state index contributed by atoms with van der Waals surface area (Å²) in [5, 5.41) is 0.699. The van der Waals surface area contributed by atoms with Gasteiger partial charge in [-0.05, 0) is 44.0 Å². The first-order chi connectivity index (χ1) is 15.9. The topological polar surface area (TPSA) is 86.3 Å². The highest BCUT2D eigenvalue weighted by Crippen LogP contribution is 2.35. The number of amides is 1. The first kappa shape index (κ1) is 21.3. The standard InChI is InChI=1S/C25H26FN5O2/c1-4-20-14(2)24(17-6-5-7-19(26)22(17)29-20)31-15(3)28-23-18(25(27)32)12-16(13-21(23)31)30-8-10-33-11-9-30/h5-7,12-13H,4,8-11H2,1-3H3,(H2,27,32). The third-order valence-electron chi connectivity index (χ3n) is 6.39. The molecule has 5 rings (SSSR count). The Labute approximate surface area is 191 Å². The summed E-state index contributed by atoms with van der Waals surface area (Å²) in [7, 11) is 0. The second-order valence-electron chi connectivity index (χ2n) is 8.34. The Morgan fingerprint density at radius 3 is 2.61 bits per heavy atom. The number of benzene rings is 2. The average molecular weight is 448 g/mol. The summed E-state index contributed by atoms with van der Waals surface area (Å²) in [6, 6.07) is 8.83. The monoisotopic (exact) mass is 447 g/mol. The molecule has 0 bridgehead atoms. The number of ether oxygens (including phenoxy) is 1. The Balaban J connectivity index is 1.88. The number of anilines is 1. The largest absolute Gasteiger partial charge is 0.378 e. The van der Waals surface area contributed by atoms with Gasteiger partial charge in [-0.2, -0.15) is 0 Å². The maximum atomic E-state index is 14.8. The van der Waals surface area contributed by atoms with Crippen molar-refractivity contribution in [1.82, 2.24) is 14.5 Å². The minimum Gasteiger partial charge on any atom is -0.378 e. The van der Waals surface area contributed by atoms with Crippen molar-refractivity contribution >= 4 is 33.5 Å². The number of para-hydroxylation sites is 1. The first-order valence-electron chi connectivity index (χ1n) is 11.1. The number of aromatic nitrogens is 3. The van der Waals surface area contributed by atoms with Crippen molar-refractivity contribution in [3.63, 3.8) is 0 Å². The molecule has 1 aliphatic rings. The number of nitrogens with two attached hydrogens (primary N) is 1. The van der Waals surface area contributed by atoms with E-state index in [2.05, 4.69) is 9.88 Å². The number of imidazole rings is 1. The molecule has 3 heterocycles. The number of rotatable bonds is 4. The van der Waals surface area contributed by atoms with E-state index in [0.717, 1.165) is 41.2 Å². The van der Waals surface area contributed by atoms with E-state index in [-0.39, 0.29) is 5.82 Å². The molecule has 0 saturated carbocycles. The molecule has 0 unspecified atom stereocenters. The van der Waals surface area contributed by atoms with Crippen LogP contribution in [0.1, 0.15) is 34.4 Å². The van der Waals surface area contributed by atoms with Crippen molar-refractivity contribution in [2.75, 3.05) is 31.2 Å². The number of halogens is 1. The summed E-state index contributed by atoms with van der Waals surface area (Å²) >= 11 is 0. The normalized spacial score (nSPS) is 14.4. The molecule has 7 nitrogen and oxygen atoms in total. The molecule has 1 saturated heterocycles. The van der Waals surface area contributed by atoms with Gasteiger partial charge in [0.05, 0.1) is 30.0 Å². The fraction of sp³-hybridized carbons (Fsp3) is 0.320. The van der Waals surface area contributed by atoms with Crippen LogP contribution in [0.15, 0.2) is 30.3 Å². The summed E-state index contributed by atoms with van der Waals surface area (Å²) in [5.74, 6) is -0.206. The van der Waals surface area contributed by atoms with E-state index in [1.165, 1.54) is 6.07 Å². The van der Waals surface area contributed by atoms with Crippen molar-refractivity contribution in [1.29, 1.82) is 0 Å². The molecule has 4 aromatic rings. The second kappa shape index (κ2) is 8.12. The van der Waals surface area contributed by atoms with Gasteiger partial charge < -0.3 is 15.4 Å². The van der Waals surface area contributed by atoms with Gasteiger partial charge in [0.1, 0.15) is 22.7 Å². The number of morpholine rings is 1. The fourth-order valence-corrected chi connectivity index (χ4v) is 4.76. The van der Waals surface area contributed by atoms with E-state index in [9.17, 15) is 9.18 Å². The molecule has 1 amide bonds. The van der Waals surface area contributed by atoms with Crippen LogP contribution >= 0.6 is 0 Å². The van der Waals surface area contributed by atoms with Gasteiger partial charge in [0.15, 0.2) is 0 Å². The zero-order valence-corrected chi connectivity index (χ0v) is 19.0. The van der Waals surface area contributed by atoms with Gasteiger partial charge in [0.25, 0.3) is 5.91 Å². The Morgan fingerprint density at radius 1 is 1.15 bits per heavy atom. The number of carbonyl (C=O) groups excluding carboxylic acids is 1. The number of hydrogen-bond donors (Lipinski definition) is 1. The first-order valence-corrected chi connectivity index (χ1v) is 11.1.